The Morgan fingerprint density at radius 3 is 2.87 bits per heavy atom. The lowest BCUT2D eigenvalue weighted by Gasteiger charge is -2.25. The fraction of sp³-hybridized carbons (Fsp3) is 0.417. The average molecular weight is 206 g/mol. The van der Waals surface area contributed by atoms with E-state index in [2.05, 4.69) is 0 Å². The Bertz CT molecular complexity index is 360. The number of carbonyl (C=O) groups is 1. The van der Waals surface area contributed by atoms with Crippen LogP contribution in [-0.2, 0) is 4.79 Å². The van der Waals surface area contributed by atoms with Crippen molar-refractivity contribution < 1.29 is 14.3 Å². The normalized spacial score (nSPS) is 18.6. The van der Waals surface area contributed by atoms with E-state index < -0.39 is 6.10 Å². The first-order valence-electron chi connectivity index (χ1n) is 5.22. The van der Waals surface area contributed by atoms with Crippen molar-refractivity contribution in [2.75, 3.05) is 6.61 Å². The molecule has 1 heterocycles. The molecule has 1 aromatic carbocycles. The number of hydrogen-bond donors (Lipinski definition) is 0. The Morgan fingerprint density at radius 1 is 1.40 bits per heavy atom. The van der Waals surface area contributed by atoms with Gasteiger partial charge in [-0.3, -0.25) is 4.79 Å². The quantitative estimate of drug-likeness (QED) is 0.760. The number of ether oxygens (including phenoxy) is 2. The molecule has 15 heavy (non-hydrogen) atoms. The molecule has 3 nitrogen and oxygen atoms in total. The van der Waals surface area contributed by atoms with Crippen LogP contribution in [0.15, 0.2) is 24.3 Å². The molecule has 1 unspecified atom stereocenters. The molecular weight excluding hydrogens is 192 g/mol. The Hall–Kier alpha value is -1.51. The van der Waals surface area contributed by atoms with Crippen molar-refractivity contribution in [3.8, 4) is 11.5 Å². The van der Waals surface area contributed by atoms with E-state index >= 15 is 0 Å². The monoisotopic (exact) mass is 206 g/mol. The molecule has 1 atom stereocenters. The Balaban J connectivity index is 2.08. The summed E-state index contributed by atoms with van der Waals surface area (Å²) >= 11 is 0. The maximum atomic E-state index is 11.6. The minimum absolute atomic E-state index is 0.118. The van der Waals surface area contributed by atoms with Crippen molar-refractivity contribution in [1.82, 2.24) is 0 Å². The van der Waals surface area contributed by atoms with Crippen molar-refractivity contribution in [2.24, 2.45) is 0 Å². The third-order valence-electron chi connectivity index (χ3n) is 2.36. The van der Waals surface area contributed by atoms with Gasteiger partial charge in [0.15, 0.2) is 23.4 Å². The summed E-state index contributed by atoms with van der Waals surface area (Å²) in [5.41, 5.74) is 0. The lowest BCUT2D eigenvalue weighted by atomic mass is 10.1. The largest absolute Gasteiger partial charge is 0.485 e. The number of Topliss-reactive ketones (excluding diaryl/α,β-unsaturated/α-hetero) is 1. The molecule has 0 spiro atoms. The van der Waals surface area contributed by atoms with Gasteiger partial charge in [0.1, 0.15) is 6.61 Å². The van der Waals surface area contributed by atoms with Crippen molar-refractivity contribution >= 4 is 5.78 Å². The molecule has 0 aromatic heterocycles. The molecule has 2 rings (SSSR count). The maximum Gasteiger partial charge on any atom is 0.190 e. The predicted octanol–water partition coefficient (Wildman–Crippen LogP) is 2.20. The first-order valence-corrected chi connectivity index (χ1v) is 5.22. The zero-order chi connectivity index (χ0) is 10.7. The second-order valence-corrected chi connectivity index (χ2v) is 3.58. The highest BCUT2D eigenvalue weighted by Gasteiger charge is 2.25. The van der Waals surface area contributed by atoms with Crippen LogP contribution < -0.4 is 9.47 Å². The summed E-state index contributed by atoms with van der Waals surface area (Å²) in [6, 6.07) is 7.42. The summed E-state index contributed by atoms with van der Waals surface area (Å²) < 4.78 is 11.0. The summed E-state index contributed by atoms with van der Waals surface area (Å²) in [4.78, 5) is 11.6. The van der Waals surface area contributed by atoms with Gasteiger partial charge in [0.05, 0.1) is 0 Å². The van der Waals surface area contributed by atoms with Crippen LogP contribution in [0.1, 0.15) is 19.8 Å². The van der Waals surface area contributed by atoms with Crippen LogP contribution in [0.5, 0.6) is 11.5 Å². The number of carbonyl (C=O) groups excluding carboxylic acids is 1. The Kier molecular flexibility index (Phi) is 2.90. The van der Waals surface area contributed by atoms with Crippen LogP contribution in [0, 0.1) is 0 Å². The van der Waals surface area contributed by atoms with E-state index in [9.17, 15) is 4.79 Å². The SMILES string of the molecule is CCCC(=O)C1COc2ccccc2O1. The summed E-state index contributed by atoms with van der Waals surface area (Å²) in [6.07, 6.45) is 0.969. The second-order valence-electron chi connectivity index (χ2n) is 3.58. The topological polar surface area (TPSA) is 35.5 Å². The molecule has 0 N–H and O–H groups in total. The molecule has 80 valence electrons. The van der Waals surface area contributed by atoms with Crippen LogP contribution >= 0.6 is 0 Å². The fourth-order valence-corrected chi connectivity index (χ4v) is 1.59. The minimum atomic E-state index is -0.431. The van der Waals surface area contributed by atoms with Crippen molar-refractivity contribution in [1.29, 1.82) is 0 Å². The highest BCUT2D eigenvalue weighted by atomic mass is 16.6. The van der Waals surface area contributed by atoms with E-state index in [0.29, 0.717) is 18.8 Å². The highest BCUT2D eigenvalue weighted by Crippen LogP contribution is 2.31. The van der Waals surface area contributed by atoms with Gasteiger partial charge in [-0.25, -0.2) is 0 Å². The van der Waals surface area contributed by atoms with Gasteiger partial charge in [0.25, 0.3) is 0 Å². The summed E-state index contributed by atoms with van der Waals surface area (Å²) in [5.74, 6) is 1.50. The van der Waals surface area contributed by atoms with Crippen LogP contribution in [0.3, 0.4) is 0 Å². The molecule has 3 heteroatoms. The molecule has 0 saturated heterocycles. The fourth-order valence-electron chi connectivity index (χ4n) is 1.59. The number of fused-ring (bicyclic) bond motifs is 1. The minimum Gasteiger partial charge on any atom is -0.485 e. The first-order chi connectivity index (χ1) is 7.31. The lowest BCUT2D eigenvalue weighted by Crippen LogP contribution is -2.36. The third-order valence-corrected chi connectivity index (χ3v) is 2.36. The molecule has 0 radical (unpaired) electrons. The summed E-state index contributed by atoms with van der Waals surface area (Å²) in [7, 11) is 0. The van der Waals surface area contributed by atoms with Crippen LogP contribution in [-0.4, -0.2) is 18.5 Å². The first kappa shape index (κ1) is 10.0. The number of rotatable bonds is 3. The molecule has 0 amide bonds. The molecule has 0 bridgehead atoms. The molecule has 1 aromatic rings. The predicted molar refractivity (Wildman–Crippen MR) is 56.3 cm³/mol. The van der Waals surface area contributed by atoms with Crippen LogP contribution in [0.2, 0.25) is 0 Å². The van der Waals surface area contributed by atoms with Gasteiger partial charge in [-0.05, 0) is 18.6 Å². The summed E-state index contributed by atoms with van der Waals surface area (Å²) in [5, 5.41) is 0. The smallest absolute Gasteiger partial charge is 0.190 e. The van der Waals surface area contributed by atoms with Gasteiger partial charge >= 0.3 is 0 Å². The van der Waals surface area contributed by atoms with E-state index in [1.165, 1.54) is 0 Å². The van der Waals surface area contributed by atoms with E-state index in [1.54, 1.807) is 0 Å². The number of benzene rings is 1. The zero-order valence-corrected chi connectivity index (χ0v) is 8.73. The van der Waals surface area contributed by atoms with Gasteiger partial charge in [-0.1, -0.05) is 19.1 Å². The lowest BCUT2D eigenvalue weighted by molar-refractivity contribution is -0.128. The number of hydrogen-bond acceptors (Lipinski definition) is 3. The number of para-hydroxylation sites is 2. The standard InChI is InChI=1S/C12H14O3/c1-2-5-9(13)12-8-14-10-6-3-4-7-11(10)15-12/h3-4,6-7,12H,2,5,8H2,1H3. The van der Waals surface area contributed by atoms with E-state index in [1.807, 2.05) is 31.2 Å². The number of ketones is 1. The van der Waals surface area contributed by atoms with Crippen molar-refractivity contribution in [2.45, 2.75) is 25.9 Å². The van der Waals surface area contributed by atoms with Crippen LogP contribution in [0.25, 0.3) is 0 Å². The molecule has 0 fully saturated rings. The Morgan fingerprint density at radius 2 is 2.13 bits per heavy atom. The molecule has 0 aliphatic carbocycles. The summed E-state index contributed by atoms with van der Waals surface area (Å²) in [6.45, 7) is 2.31. The Labute approximate surface area is 89.0 Å². The van der Waals surface area contributed by atoms with Gasteiger partial charge in [-0.2, -0.15) is 0 Å². The van der Waals surface area contributed by atoms with E-state index in [0.717, 1.165) is 12.2 Å². The molecule has 0 saturated carbocycles. The van der Waals surface area contributed by atoms with Gasteiger partial charge < -0.3 is 9.47 Å². The molecular formula is C12H14O3. The maximum absolute atomic E-state index is 11.6. The highest BCUT2D eigenvalue weighted by molar-refractivity contribution is 5.83. The second kappa shape index (κ2) is 4.34. The van der Waals surface area contributed by atoms with Gasteiger partial charge in [0.2, 0.25) is 0 Å². The van der Waals surface area contributed by atoms with Gasteiger partial charge in [-0.15, -0.1) is 0 Å². The van der Waals surface area contributed by atoms with E-state index in [4.69, 9.17) is 9.47 Å². The van der Waals surface area contributed by atoms with Crippen molar-refractivity contribution in [3.63, 3.8) is 0 Å². The van der Waals surface area contributed by atoms with Crippen LogP contribution in [0.4, 0.5) is 0 Å². The average Bonchev–Trinajstić information content (AvgIpc) is 2.29. The molecule has 1 aliphatic heterocycles. The van der Waals surface area contributed by atoms with Crippen molar-refractivity contribution in [3.05, 3.63) is 24.3 Å². The zero-order valence-electron chi connectivity index (χ0n) is 8.73. The third kappa shape index (κ3) is 2.12. The van der Waals surface area contributed by atoms with Gasteiger partial charge in [0, 0.05) is 6.42 Å². The van der Waals surface area contributed by atoms with E-state index in [-0.39, 0.29) is 5.78 Å². The molecule has 1 aliphatic rings.